The molecule has 1 atom stereocenters. The van der Waals surface area contributed by atoms with Crippen LogP contribution in [0.4, 0.5) is 0 Å². The summed E-state index contributed by atoms with van der Waals surface area (Å²) in [5.41, 5.74) is 0.627. The smallest absolute Gasteiger partial charge is 0.498 e. The van der Waals surface area contributed by atoms with Crippen LogP contribution >= 0.6 is 0 Å². The first-order valence-electron chi connectivity index (χ1n) is 6.18. The number of hydrogen-bond donors (Lipinski definition) is 0. The third-order valence-corrected chi connectivity index (χ3v) is 2.92. The van der Waals surface area contributed by atoms with Crippen LogP contribution in [0.25, 0.3) is 0 Å². The molecule has 0 aliphatic carbocycles. The Balaban J connectivity index is 2.21. The molecule has 1 aliphatic rings. The number of nitrogens with zero attached hydrogens (tertiary/aromatic N) is 1. The van der Waals surface area contributed by atoms with Crippen LogP contribution in [-0.4, -0.2) is 50.4 Å². The first-order valence-corrected chi connectivity index (χ1v) is 6.18. The van der Waals surface area contributed by atoms with Gasteiger partial charge in [-0.15, -0.1) is 0 Å². The Morgan fingerprint density at radius 2 is 1.70 bits per heavy atom. The average Bonchev–Trinajstić information content (AvgIpc) is 2.38. The van der Waals surface area contributed by atoms with E-state index in [1.54, 1.807) is 37.4 Å². The molecule has 0 bridgehead atoms. The molecule has 1 heterocycles. The summed E-state index contributed by atoms with van der Waals surface area (Å²) in [6, 6.07) is 8.74. The molecule has 2 rings (SSSR count). The average molecular weight is 275 g/mol. The third-order valence-electron chi connectivity index (χ3n) is 2.92. The molecule has 0 saturated carbocycles. The van der Waals surface area contributed by atoms with Crippen molar-refractivity contribution in [2.75, 3.05) is 20.1 Å². The summed E-state index contributed by atoms with van der Waals surface area (Å²) in [5, 5.41) is 0. The fourth-order valence-electron chi connectivity index (χ4n) is 1.98. The maximum Gasteiger partial charge on any atom is 0.614 e. The van der Waals surface area contributed by atoms with E-state index in [0.29, 0.717) is 11.8 Å². The summed E-state index contributed by atoms with van der Waals surface area (Å²) in [6.45, 7) is -0.0437. The predicted molar refractivity (Wildman–Crippen MR) is 70.7 cm³/mol. The maximum absolute atomic E-state index is 11.6. The molecule has 0 N–H and O–H groups in total. The van der Waals surface area contributed by atoms with E-state index in [4.69, 9.17) is 9.31 Å². The Morgan fingerprint density at radius 3 is 2.20 bits per heavy atom. The topological polar surface area (TPSA) is 72.9 Å². The zero-order valence-corrected chi connectivity index (χ0v) is 11.0. The van der Waals surface area contributed by atoms with E-state index in [-0.39, 0.29) is 13.1 Å². The molecule has 7 heteroatoms. The second-order valence-electron chi connectivity index (χ2n) is 4.59. The summed E-state index contributed by atoms with van der Waals surface area (Å²) in [4.78, 5) is 36.1. The van der Waals surface area contributed by atoms with Gasteiger partial charge in [0.25, 0.3) is 0 Å². The van der Waals surface area contributed by atoms with Gasteiger partial charge in [0.15, 0.2) is 0 Å². The van der Waals surface area contributed by atoms with E-state index in [0.717, 1.165) is 0 Å². The summed E-state index contributed by atoms with van der Waals surface area (Å²) >= 11 is 0. The van der Waals surface area contributed by atoms with Crippen molar-refractivity contribution < 1.29 is 23.7 Å². The van der Waals surface area contributed by atoms with E-state index >= 15 is 0 Å². The minimum atomic E-state index is -1.22. The maximum atomic E-state index is 11.6. The quantitative estimate of drug-likeness (QED) is 0.572. The fraction of sp³-hybridized carbons (Fsp3) is 0.308. The summed E-state index contributed by atoms with van der Waals surface area (Å²) in [6.07, 6.45) is 0.617. The van der Waals surface area contributed by atoms with Crippen molar-refractivity contribution >= 4 is 25.3 Å². The van der Waals surface area contributed by atoms with Gasteiger partial charge in [0.1, 0.15) is 12.1 Å². The van der Waals surface area contributed by atoms with Gasteiger partial charge in [-0.25, -0.2) is 0 Å². The van der Waals surface area contributed by atoms with Crippen LogP contribution in [0.5, 0.6) is 0 Å². The van der Waals surface area contributed by atoms with Crippen molar-refractivity contribution in [1.29, 1.82) is 0 Å². The van der Waals surface area contributed by atoms with Gasteiger partial charge in [-0.05, 0) is 12.6 Å². The molecular weight excluding hydrogens is 261 g/mol. The van der Waals surface area contributed by atoms with E-state index in [2.05, 4.69) is 0 Å². The molecule has 0 unspecified atom stereocenters. The molecular formula is C13H14BNO5. The first-order chi connectivity index (χ1) is 9.60. The van der Waals surface area contributed by atoms with Crippen LogP contribution in [-0.2, 0) is 23.7 Å². The van der Waals surface area contributed by atoms with Gasteiger partial charge in [0.2, 0.25) is 0 Å². The van der Waals surface area contributed by atoms with Crippen LogP contribution in [0.1, 0.15) is 11.4 Å². The lowest BCUT2D eigenvalue weighted by molar-refractivity contribution is -0.145. The van der Waals surface area contributed by atoms with Gasteiger partial charge in [0, 0.05) is 0 Å². The fourth-order valence-corrected chi connectivity index (χ4v) is 1.98. The molecule has 104 valence electrons. The standard InChI is InChI=1S/C13H14BNO5/c1-15-7-12(17)19-14(20-13(18)8-15)11(9-16)10-5-3-2-4-6-10/h2-6,9,11H,7-8H2,1H3/t11-/m0/s1. The molecule has 1 aromatic rings. The van der Waals surface area contributed by atoms with E-state index in [9.17, 15) is 14.4 Å². The normalized spacial score (nSPS) is 18.6. The second kappa shape index (κ2) is 6.34. The summed E-state index contributed by atoms with van der Waals surface area (Å²) in [5.74, 6) is -1.90. The van der Waals surface area contributed by atoms with E-state index in [1.165, 1.54) is 4.90 Å². The van der Waals surface area contributed by atoms with Gasteiger partial charge in [0.05, 0.1) is 13.1 Å². The molecule has 1 aromatic carbocycles. The van der Waals surface area contributed by atoms with Gasteiger partial charge in [-0.2, -0.15) is 0 Å². The largest absolute Gasteiger partial charge is 0.614 e. The Morgan fingerprint density at radius 1 is 1.15 bits per heavy atom. The minimum Gasteiger partial charge on any atom is -0.498 e. The highest BCUT2D eigenvalue weighted by molar-refractivity contribution is 6.54. The molecule has 1 saturated heterocycles. The van der Waals surface area contributed by atoms with Crippen LogP contribution in [0.3, 0.4) is 0 Å². The highest BCUT2D eigenvalue weighted by Crippen LogP contribution is 2.19. The number of aldehydes is 1. The number of benzene rings is 1. The second-order valence-corrected chi connectivity index (χ2v) is 4.59. The third kappa shape index (κ3) is 3.45. The zero-order chi connectivity index (χ0) is 14.5. The molecule has 0 amide bonds. The van der Waals surface area contributed by atoms with Gasteiger partial charge in [-0.3, -0.25) is 14.5 Å². The van der Waals surface area contributed by atoms with Crippen molar-refractivity contribution in [2.45, 2.75) is 5.82 Å². The molecule has 1 fully saturated rings. The van der Waals surface area contributed by atoms with Crippen LogP contribution < -0.4 is 0 Å². The van der Waals surface area contributed by atoms with Crippen molar-refractivity contribution in [3.63, 3.8) is 0 Å². The SMILES string of the molecule is CN1CC(=O)OB([C@@H](C=O)c2ccccc2)OC(=O)C1. The van der Waals surface area contributed by atoms with Crippen LogP contribution in [0.15, 0.2) is 30.3 Å². The highest BCUT2D eigenvalue weighted by atomic mass is 16.6. The molecule has 20 heavy (non-hydrogen) atoms. The van der Waals surface area contributed by atoms with Crippen LogP contribution in [0.2, 0.25) is 0 Å². The van der Waals surface area contributed by atoms with Gasteiger partial charge >= 0.3 is 19.1 Å². The Labute approximate surface area is 116 Å². The number of carbonyl (C=O) groups excluding carboxylic acids is 3. The highest BCUT2D eigenvalue weighted by Gasteiger charge is 2.40. The number of carbonyl (C=O) groups is 3. The van der Waals surface area contributed by atoms with Crippen molar-refractivity contribution in [3.05, 3.63) is 35.9 Å². The number of rotatable bonds is 3. The molecule has 1 aliphatic heterocycles. The summed E-state index contributed by atoms with van der Waals surface area (Å²) in [7, 11) is 0.389. The van der Waals surface area contributed by atoms with Crippen LogP contribution in [0, 0.1) is 0 Å². The van der Waals surface area contributed by atoms with E-state index < -0.39 is 24.9 Å². The zero-order valence-electron chi connectivity index (χ0n) is 11.0. The predicted octanol–water partition coefficient (Wildman–Crippen LogP) is 0.0283. The lowest BCUT2D eigenvalue weighted by Crippen LogP contribution is -2.45. The Kier molecular flexibility index (Phi) is 4.52. The number of likely N-dealkylation sites (N-methyl/N-ethyl adjacent to an activating group) is 1. The monoisotopic (exact) mass is 275 g/mol. The van der Waals surface area contributed by atoms with Crippen molar-refractivity contribution in [3.8, 4) is 0 Å². The van der Waals surface area contributed by atoms with E-state index in [1.807, 2.05) is 0 Å². The molecule has 0 spiro atoms. The lowest BCUT2D eigenvalue weighted by atomic mass is 9.68. The molecule has 6 nitrogen and oxygen atoms in total. The number of hydrogen-bond acceptors (Lipinski definition) is 6. The molecule has 0 aromatic heterocycles. The molecule has 0 radical (unpaired) electrons. The van der Waals surface area contributed by atoms with Gasteiger partial charge < -0.3 is 14.1 Å². The van der Waals surface area contributed by atoms with Gasteiger partial charge in [-0.1, -0.05) is 30.3 Å². The minimum absolute atomic E-state index is 0.0219. The van der Waals surface area contributed by atoms with Crippen molar-refractivity contribution in [1.82, 2.24) is 4.90 Å². The first kappa shape index (κ1) is 14.3. The Hall–Kier alpha value is -2.15. The summed E-state index contributed by atoms with van der Waals surface area (Å²) < 4.78 is 10.2. The van der Waals surface area contributed by atoms with Crippen molar-refractivity contribution in [2.24, 2.45) is 0 Å². The lowest BCUT2D eigenvalue weighted by Gasteiger charge is -2.24. The Bertz CT molecular complexity index is 487.